The lowest BCUT2D eigenvalue weighted by molar-refractivity contribution is 0.630. The molecule has 4 N–H and O–H groups in total. The van der Waals surface area contributed by atoms with Crippen molar-refractivity contribution in [3.05, 3.63) is 48.5 Å². The minimum Gasteiger partial charge on any atom is -0.386 e. The number of hydrogen-bond donors (Lipinski definition) is 3. The van der Waals surface area contributed by atoms with E-state index in [1.54, 1.807) is 19.3 Å². The molecular weight excluding hydrogens is 463 g/mol. The molecule has 0 bridgehead atoms. The summed E-state index contributed by atoms with van der Waals surface area (Å²) < 4.78 is 14.5. The third-order valence-electron chi connectivity index (χ3n) is 6.95. The lowest BCUT2D eigenvalue weighted by Crippen LogP contribution is -2.29. The highest BCUT2D eigenvalue weighted by molar-refractivity contribution is 7.99. The second-order valence-electron chi connectivity index (χ2n) is 8.93. The van der Waals surface area contributed by atoms with Crippen LogP contribution >= 0.6 is 11.8 Å². The summed E-state index contributed by atoms with van der Waals surface area (Å²) >= 11 is 1.44. The fourth-order valence-corrected chi connectivity index (χ4v) is 5.89. The molecule has 1 aromatic carbocycles. The number of benzene rings is 1. The monoisotopic (exact) mass is 488 g/mol. The molecule has 10 heteroatoms. The molecule has 1 aliphatic carbocycles. The van der Waals surface area contributed by atoms with Crippen LogP contribution in [0.3, 0.4) is 0 Å². The summed E-state index contributed by atoms with van der Waals surface area (Å²) in [5.74, 6) is 1.50. The van der Waals surface area contributed by atoms with Gasteiger partial charge < -0.3 is 20.9 Å². The second kappa shape index (κ2) is 8.03. The molecule has 5 aromatic rings. The van der Waals surface area contributed by atoms with E-state index in [9.17, 15) is 4.39 Å². The van der Waals surface area contributed by atoms with Crippen LogP contribution in [0.1, 0.15) is 7.43 Å². The quantitative estimate of drug-likeness (QED) is 0.319. The lowest BCUT2D eigenvalue weighted by Gasteiger charge is -2.21. The maximum absolute atomic E-state index is 14.5. The number of nitrogens with one attached hydrogen (secondary N) is 2. The van der Waals surface area contributed by atoms with E-state index in [0.717, 1.165) is 51.1 Å². The topological polar surface area (TPSA) is 109 Å². The molecule has 5 heterocycles. The van der Waals surface area contributed by atoms with Gasteiger partial charge in [-0.15, -0.1) is 0 Å². The highest BCUT2D eigenvalue weighted by Gasteiger charge is 2.54. The molecule has 2 fully saturated rings. The van der Waals surface area contributed by atoms with Crippen LogP contribution in [-0.4, -0.2) is 51.1 Å². The summed E-state index contributed by atoms with van der Waals surface area (Å²) in [6.45, 7) is 1.70. The van der Waals surface area contributed by atoms with Gasteiger partial charge in [-0.05, 0) is 53.9 Å². The molecule has 0 radical (unpaired) electrons. The Labute approximate surface area is 205 Å². The largest absolute Gasteiger partial charge is 0.386 e. The SMILES string of the molecule is C.CNc1cc(F)cc2c1[nH]c1nc(Sc3cnc4cccnc4c3)nc(N3C[C@@H]4C(N)[C@@H]4C3)c12. The van der Waals surface area contributed by atoms with Crippen molar-refractivity contribution < 1.29 is 4.39 Å². The van der Waals surface area contributed by atoms with Crippen LogP contribution in [0.4, 0.5) is 15.9 Å². The number of pyridine rings is 2. The number of nitrogens with zero attached hydrogens (tertiary/aromatic N) is 5. The number of fused-ring (bicyclic) bond motifs is 5. The predicted molar refractivity (Wildman–Crippen MR) is 138 cm³/mol. The van der Waals surface area contributed by atoms with Crippen molar-refractivity contribution in [1.82, 2.24) is 24.9 Å². The Hall–Kier alpha value is -3.50. The van der Waals surface area contributed by atoms with E-state index in [1.165, 1.54) is 17.8 Å². The summed E-state index contributed by atoms with van der Waals surface area (Å²) in [5, 5.41) is 5.29. The molecule has 7 rings (SSSR count). The van der Waals surface area contributed by atoms with Gasteiger partial charge in [0.15, 0.2) is 5.16 Å². The number of anilines is 2. The van der Waals surface area contributed by atoms with Crippen LogP contribution in [0.25, 0.3) is 33.0 Å². The molecule has 3 atom stereocenters. The maximum Gasteiger partial charge on any atom is 0.196 e. The molecule has 1 saturated heterocycles. The van der Waals surface area contributed by atoms with Crippen molar-refractivity contribution in [2.45, 2.75) is 23.5 Å². The van der Waals surface area contributed by atoms with E-state index in [2.05, 4.69) is 25.2 Å². The Balaban J connectivity index is 0.00000229. The van der Waals surface area contributed by atoms with Crippen molar-refractivity contribution >= 4 is 56.2 Å². The molecule has 1 saturated carbocycles. The van der Waals surface area contributed by atoms with Crippen LogP contribution in [-0.2, 0) is 0 Å². The van der Waals surface area contributed by atoms with Gasteiger partial charge in [0.25, 0.3) is 0 Å². The molecule has 4 aromatic heterocycles. The van der Waals surface area contributed by atoms with Crippen LogP contribution in [0.5, 0.6) is 0 Å². The van der Waals surface area contributed by atoms with Gasteiger partial charge in [0.05, 0.1) is 27.6 Å². The van der Waals surface area contributed by atoms with Gasteiger partial charge in [-0.1, -0.05) is 7.43 Å². The number of halogens is 1. The molecule has 35 heavy (non-hydrogen) atoms. The first kappa shape index (κ1) is 22.0. The van der Waals surface area contributed by atoms with Gasteiger partial charge in [0.1, 0.15) is 17.3 Å². The fraction of sp³-hybridized carbons (Fsp3) is 0.280. The van der Waals surface area contributed by atoms with Crippen molar-refractivity contribution in [2.24, 2.45) is 17.6 Å². The summed E-state index contributed by atoms with van der Waals surface area (Å²) in [6, 6.07) is 9.10. The maximum atomic E-state index is 14.5. The Morgan fingerprint density at radius 1 is 1.14 bits per heavy atom. The molecule has 2 aliphatic rings. The van der Waals surface area contributed by atoms with Crippen LogP contribution in [0.15, 0.2) is 52.8 Å². The van der Waals surface area contributed by atoms with Crippen LogP contribution in [0, 0.1) is 17.7 Å². The normalized spacial score (nSPS) is 20.9. The number of rotatable bonds is 4. The Morgan fingerprint density at radius 3 is 2.77 bits per heavy atom. The average Bonchev–Trinajstić information content (AvgIpc) is 3.19. The second-order valence-corrected chi connectivity index (χ2v) is 9.97. The lowest BCUT2D eigenvalue weighted by atomic mass is 10.1. The zero-order valence-corrected chi connectivity index (χ0v) is 19.1. The Kier molecular flexibility index (Phi) is 5.05. The molecule has 0 amide bonds. The predicted octanol–water partition coefficient (Wildman–Crippen LogP) is 4.42. The van der Waals surface area contributed by atoms with E-state index in [-0.39, 0.29) is 19.3 Å². The summed E-state index contributed by atoms with van der Waals surface area (Å²) in [7, 11) is 1.78. The van der Waals surface area contributed by atoms with Crippen molar-refractivity contribution in [1.29, 1.82) is 0 Å². The summed E-state index contributed by atoms with van der Waals surface area (Å²) in [4.78, 5) is 25.3. The third kappa shape index (κ3) is 3.47. The van der Waals surface area contributed by atoms with Crippen molar-refractivity contribution in [3.63, 3.8) is 0 Å². The Bertz CT molecular complexity index is 1590. The summed E-state index contributed by atoms with van der Waals surface area (Å²) in [6.07, 6.45) is 3.57. The van der Waals surface area contributed by atoms with Crippen LogP contribution < -0.4 is 16.0 Å². The fourth-order valence-electron chi connectivity index (χ4n) is 5.14. The molecule has 1 unspecified atom stereocenters. The number of H-pyrrole nitrogens is 1. The van der Waals surface area contributed by atoms with Gasteiger partial charge in [0, 0.05) is 48.9 Å². The number of nitrogens with two attached hydrogens (primary N) is 1. The number of piperidine rings is 1. The minimum absolute atomic E-state index is 0. The van der Waals surface area contributed by atoms with E-state index < -0.39 is 0 Å². The highest BCUT2D eigenvalue weighted by Crippen LogP contribution is 2.47. The third-order valence-corrected chi connectivity index (χ3v) is 7.77. The van der Waals surface area contributed by atoms with Crippen molar-refractivity contribution in [3.8, 4) is 0 Å². The number of aromatic amines is 1. The van der Waals surface area contributed by atoms with Gasteiger partial charge >= 0.3 is 0 Å². The van der Waals surface area contributed by atoms with Gasteiger partial charge in [0.2, 0.25) is 0 Å². The smallest absolute Gasteiger partial charge is 0.196 e. The number of hydrogen-bond acceptors (Lipinski definition) is 8. The first-order valence-electron chi connectivity index (χ1n) is 11.2. The zero-order chi connectivity index (χ0) is 23.0. The van der Waals surface area contributed by atoms with E-state index in [0.29, 0.717) is 28.3 Å². The molecular formula is C25H25FN8S. The molecule has 178 valence electrons. The highest BCUT2D eigenvalue weighted by atomic mass is 32.2. The molecule has 8 nitrogen and oxygen atoms in total. The van der Waals surface area contributed by atoms with E-state index in [4.69, 9.17) is 15.7 Å². The molecule has 1 aliphatic heterocycles. The minimum atomic E-state index is -0.303. The van der Waals surface area contributed by atoms with Gasteiger partial charge in [-0.25, -0.2) is 14.4 Å². The van der Waals surface area contributed by atoms with E-state index in [1.807, 2.05) is 24.4 Å². The van der Waals surface area contributed by atoms with Crippen LogP contribution in [0.2, 0.25) is 0 Å². The Morgan fingerprint density at radius 2 is 1.97 bits per heavy atom. The summed E-state index contributed by atoms with van der Waals surface area (Å²) in [5.41, 5.74) is 10.0. The first-order valence-corrected chi connectivity index (χ1v) is 12.0. The van der Waals surface area contributed by atoms with E-state index >= 15 is 0 Å². The molecule has 0 spiro atoms. The van der Waals surface area contributed by atoms with Crippen molar-refractivity contribution in [2.75, 3.05) is 30.4 Å². The standard InChI is InChI=1S/C24H21FN8S.CH4/c1-27-18-6-11(25)5-13-19-22(30-21(13)18)31-24(32-23(19)33-9-14-15(10-33)20(14)26)34-12-7-17-16(29-8-12)3-2-4-28-17;/h2-8,14-15,20,27H,9-10,26H2,1H3,(H,30,31,32);1H4/t14-,15+,20?;. The van der Waals surface area contributed by atoms with Gasteiger partial charge in [-0.2, -0.15) is 0 Å². The zero-order valence-electron chi connectivity index (χ0n) is 18.3. The van der Waals surface area contributed by atoms with Gasteiger partial charge in [-0.3, -0.25) is 9.97 Å². The first-order chi connectivity index (χ1) is 16.6. The number of aromatic nitrogens is 5. The average molecular weight is 489 g/mol.